The highest BCUT2D eigenvalue weighted by atomic mass is 127. The lowest BCUT2D eigenvalue weighted by Crippen LogP contribution is -2.42. The summed E-state index contributed by atoms with van der Waals surface area (Å²) in [6.45, 7) is 5.82. The Hall–Kier alpha value is -1.41. The minimum absolute atomic E-state index is 0. The molecule has 1 heterocycles. The second kappa shape index (κ2) is 10.7. The van der Waals surface area contributed by atoms with Crippen molar-refractivity contribution in [2.75, 3.05) is 13.1 Å². The molecule has 2 N–H and O–H groups in total. The average molecular weight is 482 g/mol. The second-order valence-corrected chi connectivity index (χ2v) is 7.16. The van der Waals surface area contributed by atoms with E-state index in [0.29, 0.717) is 6.04 Å². The van der Waals surface area contributed by atoms with Crippen LogP contribution >= 0.6 is 35.3 Å². The van der Waals surface area contributed by atoms with Gasteiger partial charge < -0.3 is 10.6 Å². The Balaban J connectivity index is 0.00000243. The number of halogens is 1. The van der Waals surface area contributed by atoms with Gasteiger partial charge in [0.05, 0.1) is 5.69 Å². The quantitative estimate of drug-likeness (QED) is 0.275. The zero-order valence-electron chi connectivity index (χ0n) is 15.4. The van der Waals surface area contributed by atoms with Crippen LogP contribution < -0.4 is 10.6 Å². The Morgan fingerprint density at radius 2 is 1.96 bits per heavy atom. The molecule has 0 unspecified atom stereocenters. The predicted molar refractivity (Wildman–Crippen MR) is 123 cm³/mol. The lowest BCUT2D eigenvalue weighted by molar-refractivity contribution is 0.633. The molecule has 0 amide bonds. The van der Waals surface area contributed by atoms with E-state index >= 15 is 0 Å². The van der Waals surface area contributed by atoms with Gasteiger partial charge in [0.1, 0.15) is 5.01 Å². The van der Waals surface area contributed by atoms with Crippen molar-refractivity contribution in [2.45, 2.75) is 39.2 Å². The molecule has 2 aromatic rings. The van der Waals surface area contributed by atoms with E-state index in [9.17, 15) is 0 Å². The van der Waals surface area contributed by atoms with Crippen LogP contribution in [0.1, 0.15) is 31.0 Å². The molecule has 0 atom stereocenters. The number of aliphatic imine (C=N–C) groups is 1. The van der Waals surface area contributed by atoms with Crippen LogP contribution in [0.4, 0.5) is 0 Å². The van der Waals surface area contributed by atoms with Gasteiger partial charge in [-0.3, -0.25) is 4.99 Å². The molecule has 0 fully saturated rings. The molecule has 0 aliphatic heterocycles. The Labute approximate surface area is 177 Å². The van der Waals surface area contributed by atoms with Crippen molar-refractivity contribution in [1.82, 2.24) is 15.6 Å². The third kappa shape index (κ3) is 6.09. The van der Waals surface area contributed by atoms with Crippen molar-refractivity contribution in [1.29, 1.82) is 0 Å². The number of hydrogen-bond donors (Lipinski definition) is 2. The lowest BCUT2D eigenvalue weighted by atomic mass is 10.2. The summed E-state index contributed by atoms with van der Waals surface area (Å²) in [5.41, 5.74) is 3.58. The number of rotatable bonds is 6. The number of aryl methyl sites for hydroxylation is 1. The number of nitrogens with zero attached hydrogens (tertiary/aromatic N) is 2. The summed E-state index contributed by atoms with van der Waals surface area (Å²) in [4.78, 5) is 9.45. The van der Waals surface area contributed by atoms with Crippen LogP contribution in [0, 0.1) is 6.92 Å². The van der Waals surface area contributed by atoms with Crippen LogP contribution in [0.25, 0.3) is 10.6 Å². The molecule has 0 bridgehead atoms. The van der Waals surface area contributed by atoms with Crippen LogP contribution in [-0.4, -0.2) is 30.1 Å². The van der Waals surface area contributed by atoms with Crippen molar-refractivity contribution in [2.24, 2.45) is 4.99 Å². The van der Waals surface area contributed by atoms with Gasteiger partial charge in [0.15, 0.2) is 5.96 Å². The number of nitrogens with one attached hydrogen (secondary N) is 2. The molecule has 0 spiro atoms. The first kappa shape index (κ1) is 20.9. The maximum atomic E-state index is 4.75. The molecule has 26 heavy (non-hydrogen) atoms. The van der Waals surface area contributed by atoms with Gasteiger partial charge in [-0.2, -0.15) is 0 Å². The van der Waals surface area contributed by atoms with Gasteiger partial charge in [-0.1, -0.05) is 42.0 Å². The molecule has 1 aliphatic rings. The maximum Gasteiger partial charge on any atom is 0.191 e. The first-order chi connectivity index (χ1) is 12.2. The Morgan fingerprint density at radius 3 is 2.65 bits per heavy atom. The molecule has 1 aromatic heterocycles. The van der Waals surface area contributed by atoms with Gasteiger partial charge in [0.2, 0.25) is 0 Å². The third-order valence-electron chi connectivity index (χ3n) is 4.18. The van der Waals surface area contributed by atoms with E-state index in [1.807, 2.05) is 0 Å². The van der Waals surface area contributed by atoms with Gasteiger partial charge in [-0.25, -0.2) is 4.98 Å². The molecule has 1 aromatic carbocycles. The van der Waals surface area contributed by atoms with Gasteiger partial charge in [0, 0.05) is 36.5 Å². The third-order valence-corrected chi connectivity index (χ3v) is 5.12. The topological polar surface area (TPSA) is 49.3 Å². The Kier molecular flexibility index (Phi) is 8.58. The molecule has 0 saturated heterocycles. The maximum absolute atomic E-state index is 4.75. The normalized spacial score (nSPS) is 14.3. The summed E-state index contributed by atoms with van der Waals surface area (Å²) < 4.78 is 0. The fourth-order valence-corrected chi connectivity index (χ4v) is 3.64. The Morgan fingerprint density at radius 1 is 1.23 bits per heavy atom. The van der Waals surface area contributed by atoms with Crippen LogP contribution in [0.5, 0.6) is 0 Å². The van der Waals surface area contributed by atoms with E-state index in [1.165, 1.54) is 11.1 Å². The minimum atomic E-state index is 0. The molecule has 6 heteroatoms. The smallest absolute Gasteiger partial charge is 0.191 e. The highest BCUT2D eigenvalue weighted by molar-refractivity contribution is 14.0. The van der Waals surface area contributed by atoms with Crippen molar-refractivity contribution >= 4 is 41.3 Å². The first-order valence-electron chi connectivity index (χ1n) is 8.96. The van der Waals surface area contributed by atoms with E-state index in [-0.39, 0.29) is 24.0 Å². The molecule has 1 aliphatic carbocycles. The van der Waals surface area contributed by atoms with Crippen molar-refractivity contribution in [3.63, 3.8) is 0 Å². The van der Waals surface area contributed by atoms with E-state index in [2.05, 4.69) is 66.3 Å². The Bertz CT molecular complexity index is 729. The van der Waals surface area contributed by atoms with Crippen LogP contribution in [0.3, 0.4) is 0 Å². The fourth-order valence-electron chi connectivity index (χ4n) is 2.78. The second-order valence-electron chi connectivity index (χ2n) is 6.30. The zero-order valence-corrected chi connectivity index (χ0v) is 18.5. The lowest BCUT2D eigenvalue weighted by Gasteiger charge is -2.16. The molecule has 3 rings (SSSR count). The number of guanidine groups is 1. The van der Waals surface area contributed by atoms with Crippen LogP contribution in [-0.2, 0) is 6.42 Å². The summed E-state index contributed by atoms with van der Waals surface area (Å²) in [6.07, 6.45) is 7.47. The summed E-state index contributed by atoms with van der Waals surface area (Å²) in [5, 5.41) is 10.1. The number of hydrogen-bond acceptors (Lipinski definition) is 3. The standard InChI is InChI=1S/C20H26N4S.HI/c1-3-21-20(24-17-6-4-5-7-17)22-13-12-18-14-25-19(23-18)16-10-8-15(2)9-11-16;/h4-5,8-11,14,17H,3,6-7,12-13H2,1-2H3,(H2,21,22,24);1H. The van der Waals surface area contributed by atoms with Gasteiger partial charge in [0.25, 0.3) is 0 Å². The van der Waals surface area contributed by atoms with Crippen molar-refractivity contribution in [3.05, 3.63) is 53.1 Å². The molecule has 140 valence electrons. The molecular formula is C20H27IN4S. The average Bonchev–Trinajstić information content (AvgIpc) is 3.28. The predicted octanol–water partition coefficient (Wildman–Crippen LogP) is 4.55. The fraction of sp³-hybridized carbons (Fsp3) is 0.400. The number of thiazole rings is 1. The van der Waals surface area contributed by atoms with Gasteiger partial charge in [-0.05, 0) is 26.7 Å². The summed E-state index contributed by atoms with van der Waals surface area (Å²) >= 11 is 1.70. The number of aromatic nitrogens is 1. The van der Waals surface area contributed by atoms with Gasteiger partial charge in [-0.15, -0.1) is 35.3 Å². The summed E-state index contributed by atoms with van der Waals surface area (Å²) in [7, 11) is 0. The molecule has 4 nitrogen and oxygen atoms in total. The van der Waals surface area contributed by atoms with E-state index in [0.717, 1.165) is 49.0 Å². The van der Waals surface area contributed by atoms with E-state index in [1.54, 1.807) is 11.3 Å². The van der Waals surface area contributed by atoms with E-state index < -0.39 is 0 Å². The molecule has 0 saturated carbocycles. The van der Waals surface area contributed by atoms with Gasteiger partial charge >= 0.3 is 0 Å². The zero-order chi connectivity index (χ0) is 17.5. The first-order valence-corrected chi connectivity index (χ1v) is 9.84. The van der Waals surface area contributed by atoms with Crippen molar-refractivity contribution < 1.29 is 0 Å². The molecule has 0 radical (unpaired) electrons. The molecular weight excluding hydrogens is 455 g/mol. The SMILES string of the molecule is CCNC(=NCCc1csc(-c2ccc(C)cc2)n1)NC1CC=CC1.I. The highest BCUT2D eigenvalue weighted by Crippen LogP contribution is 2.24. The van der Waals surface area contributed by atoms with Crippen LogP contribution in [0.15, 0.2) is 46.8 Å². The van der Waals surface area contributed by atoms with E-state index in [4.69, 9.17) is 9.98 Å². The largest absolute Gasteiger partial charge is 0.357 e. The minimum Gasteiger partial charge on any atom is -0.357 e. The summed E-state index contributed by atoms with van der Waals surface area (Å²) in [6, 6.07) is 9.02. The monoisotopic (exact) mass is 482 g/mol. The number of benzene rings is 1. The summed E-state index contributed by atoms with van der Waals surface area (Å²) in [5.74, 6) is 0.908. The van der Waals surface area contributed by atoms with Crippen LogP contribution in [0.2, 0.25) is 0 Å². The van der Waals surface area contributed by atoms with Crippen molar-refractivity contribution in [3.8, 4) is 10.6 Å². The highest BCUT2D eigenvalue weighted by Gasteiger charge is 2.11.